The first kappa shape index (κ1) is 12.8. The summed E-state index contributed by atoms with van der Waals surface area (Å²) in [4.78, 5) is 14.2. The molecule has 0 fully saturated rings. The van der Waals surface area contributed by atoms with Gasteiger partial charge in [0.1, 0.15) is 0 Å². The summed E-state index contributed by atoms with van der Waals surface area (Å²) in [6.07, 6.45) is 0. The van der Waals surface area contributed by atoms with E-state index in [1.807, 2.05) is 0 Å². The Morgan fingerprint density at radius 1 is 1.62 bits per heavy atom. The number of benzene rings is 1. The third-order valence-corrected chi connectivity index (χ3v) is 2.54. The number of hydrogen-bond acceptors (Lipinski definition) is 2. The lowest BCUT2D eigenvalue weighted by Crippen LogP contribution is -2.26. The maximum Gasteiger partial charge on any atom is 0.252 e. The first-order chi connectivity index (χ1) is 7.65. The molecule has 0 aliphatic carbocycles. The van der Waals surface area contributed by atoms with Crippen molar-refractivity contribution in [3.8, 4) is 0 Å². The van der Waals surface area contributed by atoms with Gasteiger partial charge in [0.15, 0.2) is 0 Å². The Labute approximate surface area is 106 Å². The standard InChI is InChI=1S/C9H8BrClN4O/c10-6-1-2-7(8(11)5-6)9(16)13-3-4-14-15-12/h1-2,5H,3-4H2,(H,13,16). The van der Waals surface area contributed by atoms with Crippen LogP contribution in [0.2, 0.25) is 5.02 Å². The maximum atomic E-state index is 11.6. The maximum absolute atomic E-state index is 11.6. The smallest absolute Gasteiger partial charge is 0.252 e. The predicted molar refractivity (Wildman–Crippen MR) is 65.5 cm³/mol. The summed E-state index contributed by atoms with van der Waals surface area (Å²) in [7, 11) is 0. The van der Waals surface area contributed by atoms with E-state index in [1.54, 1.807) is 18.2 Å². The number of halogens is 2. The minimum Gasteiger partial charge on any atom is -0.352 e. The van der Waals surface area contributed by atoms with Gasteiger partial charge in [-0.1, -0.05) is 32.6 Å². The summed E-state index contributed by atoms with van der Waals surface area (Å²) in [6, 6.07) is 4.99. The fraction of sp³-hybridized carbons (Fsp3) is 0.222. The fourth-order valence-electron chi connectivity index (χ4n) is 1.03. The van der Waals surface area contributed by atoms with Crippen molar-refractivity contribution in [2.24, 2.45) is 5.11 Å². The van der Waals surface area contributed by atoms with E-state index in [4.69, 9.17) is 17.1 Å². The molecule has 1 amide bonds. The predicted octanol–water partition coefficient (Wildman–Crippen LogP) is 3.14. The highest BCUT2D eigenvalue weighted by Crippen LogP contribution is 2.21. The van der Waals surface area contributed by atoms with E-state index < -0.39 is 0 Å². The molecule has 0 bridgehead atoms. The van der Waals surface area contributed by atoms with E-state index in [-0.39, 0.29) is 19.0 Å². The molecule has 0 unspecified atom stereocenters. The zero-order valence-corrected chi connectivity index (χ0v) is 10.5. The highest BCUT2D eigenvalue weighted by Gasteiger charge is 2.09. The molecule has 5 nitrogen and oxygen atoms in total. The average molecular weight is 304 g/mol. The summed E-state index contributed by atoms with van der Waals surface area (Å²) in [5, 5.41) is 6.26. The molecule has 1 aromatic carbocycles. The second-order valence-corrected chi connectivity index (χ2v) is 4.16. The van der Waals surface area contributed by atoms with E-state index >= 15 is 0 Å². The SMILES string of the molecule is [N-]=[N+]=NCCNC(=O)c1ccc(Br)cc1Cl. The number of rotatable bonds is 4. The van der Waals surface area contributed by atoms with Crippen LogP contribution < -0.4 is 5.32 Å². The monoisotopic (exact) mass is 302 g/mol. The van der Waals surface area contributed by atoms with Gasteiger partial charge < -0.3 is 5.32 Å². The lowest BCUT2D eigenvalue weighted by molar-refractivity contribution is 0.0955. The van der Waals surface area contributed by atoms with E-state index in [2.05, 4.69) is 31.3 Å². The first-order valence-electron chi connectivity index (χ1n) is 4.39. The minimum absolute atomic E-state index is 0.219. The van der Waals surface area contributed by atoms with Gasteiger partial charge in [-0.2, -0.15) is 0 Å². The zero-order chi connectivity index (χ0) is 12.0. The van der Waals surface area contributed by atoms with Crippen molar-refractivity contribution in [3.63, 3.8) is 0 Å². The van der Waals surface area contributed by atoms with Crippen LogP contribution in [0.25, 0.3) is 10.4 Å². The highest BCUT2D eigenvalue weighted by molar-refractivity contribution is 9.10. The second kappa shape index (κ2) is 6.37. The Hall–Kier alpha value is -1.23. The van der Waals surface area contributed by atoms with Gasteiger partial charge in [-0.15, -0.1) is 0 Å². The molecule has 0 radical (unpaired) electrons. The number of hydrogen-bond donors (Lipinski definition) is 1. The number of nitrogens with zero attached hydrogens (tertiary/aromatic N) is 3. The molecule has 84 valence electrons. The van der Waals surface area contributed by atoms with Gasteiger partial charge in [0, 0.05) is 22.5 Å². The third kappa shape index (κ3) is 3.73. The van der Waals surface area contributed by atoms with E-state index in [1.165, 1.54) is 0 Å². The third-order valence-electron chi connectivity index (χ3n) is 1.74. The Morgan fingerprint density at radius 2 is 2.38 bits per heavy atom. The molecule has 0 spiro atoms. The average Bonchev–Trinajstić information content (AvgIpc) is 2.24. The molecule has 0 aliphatic rings. The normalized spacial score (nSPS) is 9.38. The van der Waals surface area contributed by atoms with Crippen molar-refractivity contribution in [1.29, 1.82) is 0 Å². The van der Waals surface area contributed by atoms with Crippen LogP contribution in [0.1, 0.15) is 10.4 Å². The molecule has 0 heterocycles. The molecule has 16 heavy (non-hydrogen) atoms. The van der Waals surface area contributed by atoms with Crippen LogP contribution in [0.15, 0.2) is 27.8 Å². The lowest BCUT2D eigenvalue weighted by Gasteiger charge is -2.05. The number of azide groups is 1. The summed E-state index contributed by atoms with van der Waals surface area (Å²) >= 11 is 9.14. The number of amides is 1. The molecule has 1 rings (SSSR count). The van der Waals surface area contributed by atoms with Crippen molar-refractivity contribution in [2.75, 3.05) is 13.1 Å². The molecule has 0 saturated heterocycles. The Bertz CT molecular complexity index is 445. The van der Waals surface area contributed by atoms with E-state index in [0.29, 0.717) is 10.6 Å². The van der Waals surface area contributed by atoms with Crippen LogP contribution in [0.5, 0.6) is 0 Å². The molecule has 1 aromatic rings. The largest absolute Gasteiger partial charge is 0.352 e. The van der Waals surface area contributed by atoms with Gasteiger partial charge in [-0.3, -0.25) is 4.79 Å². The zero-order valence-electron chi connectivity index (χ0n) is 8.15. The Balaban J connectivity index is 2.62. The second-order valence-electron chi connectivity index (χ2n) is 2.83. The number of carbonyl (C=O) groups excluding carboxylic acids is 1. The van der Waals surface area contributed by atoms with Crippen LogP contribution in [-0.4, -0.2) is 19.0 Å². The highest BCUT2D eigenvalue weighted by atomic mass is 79.9. The minimum atomic E-state index is -0.286. The summed E-state index contributed by atoms with van der Waals surface area (Å²) in [5.41, 5.74) is 8.44. The lowest BCUT2D eigenvalue weighted by atomic mass is 10.2. The molecule has 7 heteroatoms. The van der Waals surface area contributed by atoms with Gasteiger partial charge in [0.05, 0.1) is 10.6 Å². The van der Waals surface area contributed by atoms with Gasteiger partial charge >= 0.3 is 0 Å². The quantitative estimate of drug-likeness (QED) is 0.394. The molecule has 0 aromatic heterocycles. The van der Waals surface area contributed by atoms with Gasteiger partial charge in [0.2, 0.25) is 0 Å². The summed E-state index contributed by atoms with van der Waals surface area (Å²) < 4.78 is 0.808. The topological polar surface area (TPSA) is 77.9 Å². The van der Waals surface area contributed by atoms with Crippen LogP contribution in [0.3, 0.4) is 0 Å². The van der Waals surface area contributed by atoms with Crippen molar-refractivity contribution in [3.05, 3.63) is 43.7 Å². The van der Waals surface area contributed by atoms with Crippen molar-refractivity contribution >= 4 is 33.4 Å². The Kier molecular flexibility index (Phi) is 5.11. The van der Waals surface area contributed by atoms with Gasteiger partial charge in [-0.05, 0) is 23.7 Å². The van der Waals surface area contributed by atoms with Gasteiger partial charge in [-0.25, -0.2) is 0 Å². The van der Waals surface area contributed by atoms with Crippen molar-refractivity contribution < 1.29 is 4.79 Å². The molecule has 0 aliphatic heterocycles. The molecular weight excluding hydrogens is 295 g/mol. The van der Waals surface area contributed by atoms with Crippen LogP contribution in [0, 0.1) is 0 Å². The van der Waals surface area contributed by atoms with Crippen molar-refractivity contribution in [2.45, 2.75) is 0 Å². The number of carbonyl (C=O) groups is 1. The van der Waals surface area contributed by atoms with Crippen LogP contribution >= 0.6 is 27.5 Å². The van der Waals surface area contributed by atoms with Crippen LogP contribution in [-0.2, 0) is 0 Å². The molecular formula is C9H8BrClN4O. The summed E-state index contributed by atoms with van der Waals surface area (Å²) in [5.74, 6) is -0.286. The Morgan fingerprint density at radius 3 is 3.00 bits per heavy atom. The van der Waals surface area contributed by atoms with Crippen LogP contribution in [0.4, 0.5) is 0 Å². The first-order valence-corrected chi connectivity index (χ1v) is 5.56. The van der Waals surface area contributed by atoms with Crippen molar-refractivity contribution in [1.82, 2.24) is 5.32 Å². The molecule has 0 saturated carbocycles. The summed E-state index contributed by atoms with van der Waals surface area (Å²) in [6.45, 7) is 0.506. The number of nitrogens with one attached hydrogen (secondary N) is 1. The van der Waals surface area contributed by atoms with E-state index in [0.717, 1.165) is 4.47 Å². The fourth-order valence-corrected chi connectivity index (χ4v) is 1.79. The molecule has 0 atom stereocenters. The van der Waals surface area contributed by atoms with Gasteiger partial charge in [0.25, 0.3) is 5.91 Å². The molecule has 1 N–H and O–H groups in total. The van der Waals surface area contributed by atoms with E-state index in [9.17, 15) is 4.79 Å².